The molecular weight excluding hydrogens is 350 g/mol. The van der Waals surface area contributed by atoms with Crippen LogP contribution in [0.25, 0.3) is 0 Å². The molecule has 0 heterocycles. The molecule has 2 rings (SSSR count). The molecule has 0 bridgehead atoms. The van der Waals surface area contributed by atoms with Crippen molar-refractivity contribution in [3.8, 4) is 0 Å². The summed E-state index contributed by atoms with van der Waals surface area (Å²) in [6.07, 6.45) is 0. The predicted molar refractivity (Wildman–Crippen MR) is 78.8 cm³/mol. The van der Waals surface area contributed by atoms with Gasteiger partial charge < -0.3 is 17.8 Å². The molecule has 9 heteroatoms. The fourth-order valence-corrected chi connectivity index (χ4v) is 1.89. The first-order chi connectivity index (χ1) is 10.9. The van der Waals surface area contributed by atoms with E-state index >= 15 is 0 Å². The third kappa shape index (κ3) is 5.78. The molecule has 0 aliphatic heterocycles. The van der Waals surface area contributed by atoms with Crippen LogP contribution in [0, 0.1) is 0 Å². The fourth-order valence-electron chi connectivity index (χ4n) is 1.89. The van der Waals surface area contributed by atoms with Gasteiger partial charge in [-0.3, -0.25) is 0 Å². The summed E-state index contributed by atoms with van der Waals surface area (Å²) < 4.78 is 4.60. The molecule has 0 saturated heterocycles. The second-order valence-corrected chi connectivity index (χ2v) is 4.38. The topological polar surface area (TPSA) is 118 Å². The van der Waals surface area contributed by atoms with E-state index in [0.717, 1.165) is 0 Å². The second-order valence-electron chi connectivity index (χ2n) is 4.38. The normalized spacial score (nSPS) is 9.12. The largest absolute Gasteiger partial charge is 1.00 e. The van der Waals surface area contributed by atoms with Crippen LogP contribution >= 0.6 is 0 Å². The first-order valence-corrected chi connectivity index (χ1v) is 6.33. The van der Waals surface area contributed by atoms with Crippen LogP contribution in [-0.4, -0.2) is 34.1 Å². The van der Waals surface area contributed by atoms with E-state index in [1.54, 1.807) is 0 Å². The zero-order valence-electron chi connectivity index (χ0n) is 15.6. The summed E-state index contributed by atoms with van der Waals surface area (Å²) in [5.74, 6) is -5.05. The van der Waals surface area contributed by atoms with Crippen molar-refractivity contribution in [3.63, 3.8) is 0 Å². The Morgan fingerprint density at radius 1 is 0.640 bits per heavy atom. The monoisotopic (exact) mass is 362 g/mol. The summed E-state index contributed by atoms with van der Waals surface area (Å²) in [6, 6.07) is 10.4. The number of esters is 2. The molecule has 0 atom stereocenters. The average molecular weight is 362 g/mol. The van der Waals surface area contributed by atoms with Crippen LogP contribution in [0.15, 0.2) is 48.5 Å². The molecule has 2 N–H and O–H groups in total. The summed E-state index contributed by atoms with van der Waals surface area (Å²) in [5.41, 5.74) is -1.25. The van der Waals surface area contributed by atoms with Crippen molar-refractivity contribution in [1.82, 2.24) is 0 Å². The summed E-state index contributed by atoms with van der Waals surface area (Å²) in [6.45, 7) is 0. The Labute approximate surface area is 189 Å². The first kappa shape index (κ1) is 23.5. The molecule has 0 unspecified atom stereocenters. The zero-order chi connectivity index (χ0) is 17.0. The SMILES string of the molecule is O=C(O)c1ccccc1C(=O)OC(=O)c1ccccc1C(=O)O.[H-].[H-].[Na+].[Na+]. The van der Waals surface area contributed by atoms with Gasteiger partial charge in [0.05, 0.1) is 22.3 Å². The number of hydrogen-bond acceptors (Lipinski definition) is 5. The van der Waals surface area contributed by atoms with Crippen LogP contribution in [0.2, 0.25) is 0 Å². The molecule has 0 aromatic heterocycles. The van der Waals surface area contributed by atoms with Crippen molar-refractivity contribution >= 4 is 23.9 Å². The Morgan fingerprint density at radius 3 is 1.20 bits per heavy atom. The van der Waals surface area contributed by atoms with Gasteiger partial charge in [0, 0.05) is 0 Å². The van der Waals surface area contributed by atoms with Gasteiger partial charge in [0.1, 0.15) is 0 Å². The number of carboxylic acids is 2. The summed E-state index contributed by atoms with van der Waals surface area (Å²) in [5, 5.41) is 18.0. The van der Waals surface area contributed by atoms with Gasteiger partial charge in [-0.2, -0.15) is 0 Å². The minimum absolute atomic E-state index is 0. The quantitative estimate of drug-likeness (QED) is 0.327. The number of carbonyl (C=O) groups excluding carboxylic acids is 2. The number of hydrogen-bond donors (Lipinski definition) is 2. The Balaban J connectivity index is -0.00000144. The van der Waals surface area contributed by atoms with Crippen LogP contribution < -0.4 is 59.1 Å². The van der Waals surface area contributed by atoms with Gasteiger partial charge in [-0.15, -0.1) is 0 Å². The number of carbonyl (C=O) groups is 4. The van der Waals surface area contributed by atoms with Crippen molar-refractivity contribution in [2.24, 2.45) is 0 Å². The smallest absolute Gasteiger partial charge is 1.00 e. The maximum absolute atomic E-state index is 12.0. The fraction of sp³-hybridized carbons (Fsp3) is 0. The van der Waals surface area contributed by atoms with E-state index in [1.165, 1.54) is 48.5 Å². The Kier molecular flexibility index (Phi) is 9.88. The number of carboxylic acid groups (broad SMARTS) is 2. The molecule has 0 saturated carbocycles. The zero-order valence-corrected chi connectivity index (χ0v) is 17.6. The van der Waals surface area contributed by atoms with Crippen molar-refractivity contribution in [1.29, 1.82) is 0 Å². The molecule has 0 aliphatic carbocycles. The van der Waals surface area contributed by atoms with E-state index < -0.39 is 23.9 Å². The molecule has 7 nitrogen and oxygen atoms in total. The molecule has 0 amide bonds. The van der Waals surface area contributed by atoms with Gasteiger partial charge >= 0.3 is 83.0 Å². The van der Waals surface area contributed by atoms with E-state index in [2.05, 4.69) is 4.74 Å². The average Bonchev–Trinajstić information content (AvgIpc) is 2.54. The number of aromatic carboxylic acids is 2. The Morgan fingerprint density at radius 2 is 0.920 bits per heavy atom. The molecule has 0 spiro atoms. The standard InChI is InChI=1S/C16H10O7.2Na.2H/c17-13(18)9-5-1-3-7-11(9)15(21)23-16(22)12-8-4-2-6-10(12)14(19)20;;;;/h1-8H,(H,17,18)(H,19,20);;;;/q;2*+1;2*-1. The van der Waals surface area contributed by atoms with Crippen LogP contribution in [-0.2, 0) is 4.74 Å². The summed E-state index contributed by atoms with van der Waals surface area (Å²) in [4.78, 5) is 46.1. The van der Waals surface area contributed by atoms with Crippen molar-refractivity contribution in [3.05, 3.63) is 70.8 Å². The molecular formula is C16H12Na2O7. The molecule has 2 aromatic rings. The van der Waals surface area contributed by atoms with Crippen LogP contribution in [0.1, 0.15) is 44.3 Å². The summed E-state index contributed by atoms with van der Waals surface area (Å²) >= 11 is 0. The number of benzene rings is 2. The minimum atomic E-state index is -1.35. The van der Waals surface area contributed by atoms with E-state index in [0.29, 0.717) is 0 Å². The third-order valence-corrected chi connectivity index (χ3v) is 2.94. The van der Waals surface area contributed by atoms with Gasteiger partial charge in [0.25, 0.3) is 0 Å². The van der Waals surface area contributed by atoms with Gasteiger partial charge in [0.15, 0.2) is 0 Å². The molecule has 0 fully saturated rings. The molecule has 120 valence electrons. The van der Waals surface area contributed by atoms with Gasteiger partial charge in [0.2, 0.25) is 0 Å². The minimum Gasteiger partial charge on any atom is -1.00 e. The van der Waals surface area contributed by atoms with Gasteiger partial charge in [-0.25, -0.2) is 19.2 Å². The molecule has 25 heavy (non-hydrogen) atoms. The first-order valence-electron chi connectivity index (χ1n) is 6.33. The van der Waals surface area contributed by atoms with E-state index in [9.17, 15) is 19.2 Å². The van der Waals surface area contributed by atoms with Crippen molar-refractivity contribution in [2.75, 3.05) is 0 Å². The number of ether oxygens (including phenoxy) is 1. The van der Waals surface area contributed by atoms with Crippen molar-refractivity contribution in [2.45, 2.75) is 0 Å². The van der Waals surface area contributed by atoms with E-state index in [4.69, 9.17) is 10.2 Å². The maximum atomic E-state index is 12.0. The van der Waals surface area contributed by atoms with Crippen LogP contribution in [0.4, 0.5) is 0 Å². The van der Waals surface area contributed by atoms with Crippen LogP contribution in [0.5, 0.6) is 0 Å². The van der Waals surface area contributed by atoms with Gasteiger partial charge in [-0.05, 0) is 24.3 Å². The van der Waals surface area contributed by atoms with E-state index in [1.807, 2.05) is 0 Å². The third-order valence-electron chi connectivity index (χ3n) is 2.94. The molecule has 0 radical (unpaired) electrons. The predicted octanol–water partition coefficient (Wildman–Crippen LogP) is -3.69. The molecule has 0 aliphatic rings. The molecule has 2 aromatic carbocycles. The van der Waals surface area contributed by atoms with Crippen LogP contribution in [0.3, 0.4) is 0 Å². The van der Waals surface area contributed by atoms with E-state index in [-0.39, 0.29) is 84.2 Å². The summed E-state index contributed by atoms with van der Waals surface area (Å²) in [7, 11) is 0. The Hall–Kier alpha value is -1.48. The second kappa shape index (κ2) is 10.5. The van der Waals surface area contributed by atoms with Crippen molar-refractivity contribution < 1.29 is 96.1 Å². The number of rotatable bonds is 4. The maximum Gasteiger partial charge on any atom is 1.00 e. The Bertz CT molecular complexity index is 760. The van der Waals surface area contributed by atoms with Gasteiger partial charge in [-0.1, -0.05) is 24.3 Å².